The predicted octanol–water partition coefficient (Wildman–Crippen LogP) is 0.422. The molecule has 0 unspecified atom stereocenters. The summed E-state index contributed by atoms with van der Waals surface area (Å²) in [5.41, 5.74) is 0. The van der Waals surface area contributed by atoms with E-state index in [4.69, 9.17) is 0 Å². The molecule has 0 atom stereocenters. The third kappa shape index (κ3) is 3.45. The molecule has 0 aromatic rings. The zero-order valence-corrected chi connectivity index (χ0v) is 6.98. The Morgan fingerprint density at radius 3 is 2.50 bits per heavy atom. The quantitative estimate of drug-likeness (QED) is 0.580. The van der Waals surface area contributed by atoms with E-state index in [0.717, 1.165) is 6.54 Å². The van der Waals surface area contributed by atoms with Gasteiger partial charge in [0.2, 0.25) is 5.91 Å². The maximum atomic E-state index is 10.9. The second-order valence-electron chi connectivity index (χ2n) is 2.21. The lowest BCUT2D eigenvalue weighted by Crippen LogP contribution is -2.35. The molecule has 0 aliphatic carbocycles. The lowest BCUT2D eigenvalue weighted by molar-refractivity contribution is -0.129. The number of carbonyl (C=O) groups excluding carboxylic acids is 1. The van der Waals surface area contributed by atoms with Gasteiger partial charge in [0, 0.05) is 13.5 Å². The van der Waals surface area contributed by atoms with Crippen LogP contribution < -0.4 is 5.32 Å². The fraction of sp³-hybridized carbons (Fsp3) is 0.857. The number of amides is 1. The van der Waals surface area contributed by atoms with Crippen molar-refractivity contribution in [1.82, 2.24) is 10.2 Å². The van der Waals surface area contributed by atoms with Crippen molar-refractivity contribution in [2.75, 3.05) is 20.3 Å². The van der Waals surface area contributed by atoms with Crippen LogP contribution in [0.15, 0.2) is 0 Å². The summed E-state index contributed by atoms with van der Waals surface area (Å²) in [6, 6.07) is 0. The number of carbonyl (C=O) groups is 1. The van der Waals surface area contributed by atoms with Crippen LogP contribution in [0.3, 0.4) is 0 Å². The second-order valence-corrected chi connectivity index (χ2v) is 2.21. The van der Waals surface area contributed by atoms with Crippen LogP contribution in [0.1, 0.15) is 20.3 Å². The van der Waals surface area contributed by atoms with E-state index in [9.17, 15) is 4.79 Å². The summed E-state index contributed by atoms with van der Waals surface area (Å²) in [4.78, 5) is 12.6. The van der Waals surface area contributed by atoms with E-state index in [2.05, 4.69) is 5.32 Å². The minimum Gasteiger partial charge on any atom is -0.333 e. The highest BCUT2D eigenvalue weighted by molar-refractivity contribution is 5.75. The molecule has 0 saturated carbocycles. The first kappa shape index (κ1) is 9.43. The summed E-state index contributed by atoms with van der Waals surface area (Å²) in [5.74, 6) is 0.181. The van der Waals surface area contributed by atoms with Gasteiger partial charge in [-0.3, -0.25) is 4.79 Å². The Morgan fingerprint density at radius 1 is 1.50 bits per heavy atom. The van der Waals surface area contributed by atoms with Gasteiger partial charge in [0.25, 0.3) is 0 Å². The van der Waals surface area contributed by atoms with Gasteiger partial charge in [-0.05, 0) is 6.54 Å². The first-order valence-corrected chi connectivity index (χ1v) is 3.67. The Labute approximate surface area is 62.4 Å². The standard InChI is InChI=1S/C7H16N2O/c1-4-7(10)9(3)6-8-5-2/h8H,4-6H2,1-3H3. The molecule has 0 bridgehead atoms. The third-order valence-electron chi connectivity index (χ3n) is 1.33. The topological polar surface area (TPSA) is 32.3 Å². The van der Waals surface area contributed by atoms with Crippen molar-refractivity contribution >= 4 is 5.91 Å². The van der Waals surface area contributed by atoms with Crippen LogP contribution in [-0.4, -0.2) is 31.1 Å². The van der Waals surface area contributed by atoms with Crippen molar-refractivity contribution in [1.29, 1.82) is 0 Å². The van der Waals surface area contributed by atoms with E-state index in [1.54, 1.807) is 11.9 Å². The van der Waals surface area contributed by atoms with E-state index in [0.29, 0.717) is 13.1 Å². The molecule has 0 rings (SSSR count). The van der Waals surface area contributed by atoms with Crippen molar-refractivity contribution in [2.45, 2.75) is 20.3 Å². The normalized spacial score (nSPS) is 9.50. The van der Waals surface area contributed by atoms with Gasteiger partial charge >= 0.3 is 0 Å². The highest BCUT2D eigenvalue weighted by atomic mass is 16.2. The van der Waals surface area contributed by atoms with Gasteiger partial charge in [0.15, 0.2) is 0 Å². The summed E-state index contributed by atoms with van der Waals surface area (Å²) in [5, 5.41) is 3.07. The van der Waals surface area contributed by atoms with Crippen LogP contribution in [0.25, 0.3) is 0 Å². The van der Waals surface area contributed by atoms with Gasteiger partial charge in [0.1, 0.15) is 0 Å². The zero-order chi connectivity index (χ0) is 7.98. The number of hydrogen-bond acceptors (Lipinski definition) is 2. The molecule has 0 heterocycles. The van der Waals surface area contributed by atoms with Crippen LogP contribution in [-0.2, 0) is 4.79 Å². The van der Waals surface area contributed by atoms with Crippen molar-refractivity contribution < 1.29 is 4.79 Å². The smallest absolute Gasteiger partial charge is 0.223 e. The summed E-state index contributed by atoms with van der Waals surface area (Å²) >= 11 is 0. The Kier molecular flexibility index (Phi) is 4.94. The van der Waals surface area contributed by atoms with Crippen LogP contribution in [0.5, 0.6) is 0 Å². The van der Waals surface area contributed by atoms with Gasteiger partial charge < -0.3 is 10.2 Å². The molecule has 3 heteroatoms. The van der Waals surface area contributed by atoms with Crippen molar-refractivity contribution in [3.8, 4) is 0 Å². The Bertz CT molecular complexity index is 104. The Balaban J connectivity index is 3.41. The highest BCUT2D eigenvalue weighted by Gasteiger charge is 2.02. The van der Waals surface area contributed by atoms with Gasteiger partial charge in [0.05, 0.1) is 6.67 Å². The van der Waals surface area contributed by atoms with Gasteiger partial charge in [-0.25, -0.2) is 0 Å². The molecule has 0 aliphatic heterocycles. The van der Waals surface area contributed by atoms with E-state index < -0.39 is 0 Å². The maximum absolute atomic E-state index is 10.9. The molecule has 0 fully saturated rings. The molecule has 0 aliphatic rings. The molecular weight excluding hydrogens is 128 g/mol. The van der Waals surface area contributed by atoms with Crippen molar-refractivity contribution in [3.63, 3.8) is 0 Å². The monoisotopic (exact) mass is 144 g/mol. The maximum Gasteiger partial charge on any atom is 0.223 e. The van der Waals surface area contributed by atoms with E-state index in [-0.39, 0.29) is 5.91 Å². The Morgan fingerprint density at radius 2 is 2.10 bits per heavy atom. The molecule has 1 N–H and O–H groups in total. The van der Waals surface area contributed by atoms with Crippen LogP contribution in [0.2, 0.25) is 0 Å². The lowest BCUT2D eigenvalue weighted by Gasteiger charge is -2.15. The molecule has 10 heavy (non-hydrogen) atoms. The molecule has 0 spiro atoms. The molecule has 0 radical (unpaired) electrons. The number of nitrogens with one attached hydrogen (secondary N) is 1. The molecular formula is C7H16N2O. The van der Waals surface area contributed by atoms with Gasteiger partial charge in [-0.2, -0.15) is 0 Å². The fourth-order valence-corrected chi connectivity index (χ4v) is 0.638. The van der Waals surface area contributed by atoms with E-state index in [1.165, 1.54) is 0 Å². The summed E-state index contributed by atoms with van der Waals surface area (Å²) in [6.45, 7) is 5.44. The molecule has 1 amide bonds. The first-order chi connectivity index (χ1) is 4.72. The summed E-state index contributed by atoms with van der Waals surface area (Å²) in [7, 11) is 1.80. The molecule has 60 valence electrons. The second kappa shape index (κ2) is 5.23. The third-order valence-corrected chi connectivity index (χ3v) is 1.33. The lowest BCUT2D eigenvalue weighted by atomic mass is 10.4. The van der Waals surface area contributed by atoms with E-state index in [1.807, 2.05) is 13.8 Å². The molecule has 0 saturated heterocycles. The molecule has 3 nitrogen and oxygen atoms in total. The highest BCUT2D eigenvalue weighted by Crippen LogP contribution is 1.85. The van der Waals surface area contributed by atoms with Crippen molar-refractivity contribution in [3.05, 3.63) is 0 Å². The zero-order valence-electron chi connectivity index (χ0n) is 6.98. The minimum absolute atomic E-state index is 0.181. The van der Waals surface area contributed by atoms with Gasteiger partial charge in [-0.15, -0.1) is 0 Å². The molecule has 0 aromatic heterocycles. The van der Waals surface area contributed by atoms with Gasteiger partial charge in [-0.1, -0.05) is 13.8 Å². The van der Waals surface area contributed by atoms with Crippen LogP contribution in [0, 0.1) is 0 Å². The number of nitrogens with zero attached hydrogens (tertiary/aromatic N) is 1. The SMILES string of the molecule is CCNCN(C)C(=O)CC. The van der Waals surface area contributed by atoms with Crippen LogP contribution in [0.4, 0.5) is 0 Å². The fourth-order valence-electron chi connectivity index (χ4n) is 0.638. The molecule has 0 aromatic carbocycles. The summed E-state index contributed by atoms with van der Waals surface area (Å²) in [6.07, 6.45) is 0.585. The Hall–Kier alpha value is -0.570. The minimum atomic E-state index is 0.181. The predicted molar refractivity (Wildman–Crippen MR) is 41.6 cm³/mol. The average molecular weight is 144 g/mol. The number of hydrogen-bond donors (Lipinski definition) is 1. The summed E-state index contributed by atoms with van der Waals surface area (Å²) < 4.78 is 0. The largest absolute Gasteiger partial charge is 0.333 e. The van der Waals surface area contributed by atoms with Crippen LogP contribution >= 0.6 is 0 Å². The first-order valence-electron chi connectivity index (χ1n) is 3.67. The number of rotatable bonds is 4. The van der Waals surface area contributed by atoms with Crippen molar-refractivity contribution in [2.24, 2.45) is 0 Å². The average Bonchev–Trinajstić information content (AvgIpc) is 1.98. The van der Waals surface area contributed by atoms with E-state index >= 15 is 0 Å².